The second-order valence-corrected chi connectivity index (χ2v) is 5.89. The van der Waals surface area contributed by atoms with E-state index in [-0.39, 0.29) is 6.04 Å². The smallest absolute Gasteiger partial charge is 0.208 e. The molecule has 0 amide bonds. The lowest BCUT2D eigenvalue weighted by atomic mass is 10.3. The van der Waals surface area contributed by atoms with Crippen molar-refractivity contribution in [1.82, 2.24) is 7.84 Å². The molecule has 0 aromatic rings. The minimum atomic E-state index is -3.01. The van der Waals surface area contributed by atoms with Gasteiger partial charge in [0.15, 0.2) is 0 Å². The van der Waals surface area contributed by atoms with Gasteiger partial charge in [0.2, 0.25) is 10.0 Å². The first-order chi connectivity index (χ1) is 4.97. The fourth-order valence-corrected chi connectivity index (χ4v) is 2.67. The summed E-state index contributed by atoms with van der Waals surface area (Å²) in [7, 11) is -3.01. The van der Waals surface area contributed by atoms with E-state index in [2.05, 4.69) is 30.7 Å². The molecule has 1 atom stereocenters. The van der Waals surface area contributed by atoms with Crippen molar-refractivity contribution in [2.45, 2.75) is 12.5 Å². The zero-order chi connectivity index (χ0) is 8.48. The minimum absolute atomic E-state index is 0.113. The van der Waals surface area contributed by atoms with Crippen LogP contribution in [0.3, 0.4) is 0 Å². The average molecular weight is 290 g/mol. The molecule has 0 radical (unpaired) electrons. The molecule has 0 aromatic heterocycles. The van der Waals surface area contributed by atoms with Gasteiger partial charge in [-0.3, -0.25) is 0 Å². The van der Waals surface area contributed by atoms with Crippen LogP contribution < -0.4 is 4.72 Å². The Kier molecular flexibility index (Phi) is 3.12. The topological polar surface area (TPSA) is 49.4 Å². The molecular weight excluding hydrogens is 279 g/mol. The Hall–Kier alpha value is 0.600. The van der Waals surface area contributed by atoms with Crippen molar-refractivity contribution in [3.8, 4) is 0 Å². The third-order valence-corrected chi connectivity index (χ3v) is 3.16. The molecule has 0 saturated carbocycles. The van der Waals surface area contributed by atoms with Crippen LogP contribution in [0.5, 0.6) is 0 Å². The van der Waals surface area contributed by atoms with Crippen LogP contribution in [0.15, 0.2) is 0 Å². The third kappa shape index (κ3) is 3.68. The number of nitrogens with zero attached hydrogens (tertiary/aromatic N) is 1. The maximum absolute atomic E-state index is 10.8. The molecule has 1 N–H and O–H groups in total. The first-order valence-electron chi connectivity index (χ1n) is 3.35. The Labute approximate surface area is 80.9 Å². The fourth-order valence-electron chi connectivity index (χ4n) is 1.12. The number of sulfonamides is 1. The lowest BCUT2D eigenvalue weighted by Crippen LogP contribution is -2.34. The fraction of sp³-hybridized carbons (Fsp3) is 1.00. The average Bonchev–Trinajstić information content (AvgIpc) is 2.10. The second-order valence-electron chi connectivity index (χ2n) is 2.74. The van der Waals surface area contributed by atoms with Gasteiger partial charge in [0, 0.05) is 42.0 Å². The van der Waals surface area contributed by atoms with Crippen LogP contribution in [0.1, 0.15) is 6.42 Å². The van der Waals surface area contributed by atoms with Crippen molar-refractivity contribution in [3.05, 3.63) is 0 Å². The third-order valence-electron chi connectivity index (χ3n) is 1.52. The zero-order valence-corrected chi connectivity index (χ0v) is 9.22. The molecule has 1 rings (SSSR count). The van der Waals surface area contributed by atoms with E-state index in [1.165, 1.54) is 6.26 Å². The number of nitrogens with one attached hydrogen (secondary N) is 1. The van der Waals surface area contributed by atoms with Gasteiger partial charge in [-0.15, -0.1) is 0 Å². The van der Waals surface area contributed by atoms with E-state index >= 15 is 0 Å². The van der Waals surface area contributed by atoms with Crippen LogP contribution in [0.25, 0.3) is 0 Å². The molecule has 0 aliphatic carbocycles. The van der Waals surface area contributed by atoms with Gasteiger partial charge in [0.25, 0.3) is 0 Å². The van der Waals surface area contributed by atoms with Gasteiger partial charge < -0.3 is 0 Å². The SMILES string of the molecule is CS(=O)(=O)N[C@H]1CCN(I)C1. The van der Waals surface area contributed by atoms with Crippen LogP contribution in [-0.2, 0) is 10.0 Å². The van der Waals surface area contributed by atoms with Crippen LogP contribution in [0.2, 0.25) is 0 Å². The Morgan fingerprint density at radius 1 is 1.64 bits per heavy atom. The Morgan fingerprint density at radius 3 is 2.64 bits per heavy atom. The molecule has 1 heterocycles. The lowest BCUT2D eigenvalue weighted by Gasteiger charge is -2.08. The summed E-state index contributed by atoms with van der Waals surface area (Å²) in [6.07, 6.45) is 2.11. The summed E-state index contributed by atoms with van der Waals surface area (Å²) in [5.74, 6) is 0. The van der Waals surface area contributed by atoms with Gasteiger partial charge in [-0.05, 0) is 6.42 Å². The summed E-state index contributed by atoms with van der Waals surface area (Å²) >= 11 is 2.20. The van der Waals surface area contributed by atoms with Gasteiger partial charge >= 0.3 is 0 Å². The van der Waals surface area contributed by atoms with Crippen LogP contribution >= 0.6 is 22.9 Å². The molecule has 6 heteroatoms. The summed E-state index contributed by atoms with van der Waals surface area (Å²) in [5, 5.41) is 0. The predicted molar refractivity (Wildman–Crippen MR) is 52.0 cm³/mol. The summed E-state index contributed by atoms with van der Waals surface area (Å²) in [6.45, 7) is 1.78. The number of rotatable bonds is 2. The van der Waals surface area contributed by atoms with Crippen molar-refractivity contribution in [1.29, 1.82) is 0 Å². The quantitative estimate of drug-likeness (QED) is 0.573. The summed E-state index contributed by atoms with van der Waals surface area (Å²) in [4.78, 5) is 0. The molecule has 0 bridgehead atoms. The highest BCUT2D eigenvalue weighted by Gasteiger charge is 2.22. The van der Waals surface area contributed by atoms with E-state index in [0.717, 1.165) is 19.5 Å². The van der Waals surface area contributed by atoms with Crippen molar-refractivity contribution < 1.29 is 8.42 Å². The van der Waals surface area contributed by atoms with E-state index in [1.54, 1.807) is 0 Å². The van der Waals surface area contributed by atoms with E-state index in [4.69, 9.17) is 0 Å². The molecule has 1 aliphatic rings. The Morgan fingerprint density at radius 2 is 2.27 bits per heavy atom. The predicted octanol–water partition coefficient (Wildman–Crippen LogP) is -0.0401. The summed E-state index contributed by atoms with van der Waals surface area (Å²) < 4.78 is 26.2. The highest BCUT2D eigenvalue weighted by atomic mass is 127. The van der Waals surface area contributed by atoms with E-state index in [0.29, 0.717) is 0 Å². The standard InChI is InChI=1S/C5H11IN2O2S/c1-11(9,10)7-5-2-3-8(6)4-5/h5,7H,2-4H2,1H3/t5-/m0/s1. The molecule has 4 nitrogen and oxygen atoms in total. The summed E-state index contributed by atoms with van der Waals surface area (Å²) in [5.41, 5.74) is 0. The monoisotopic (exact) mass is 290 g/mol. The first-order valence-corrected chi connectivity index (χ1v) is 6.21. The first kappa shape index (κ1) is 9.69. The number of hydrogen-bond donors (Lipinski definition) is 1. The van der Waals surface area contributed by atoms with Crippen LogP contribution in [-0.4, -0.2) is 36.9 Å². The molecule has 1 fully saturated rings. The molecule has 0 spiro atoms. The van der Waals surface area contributed by atoms with Gasteiger partial charge in [-0.25, -0.2) is 16.3 Å². The van der Waals surface area contributed by atoms with Gasteiger partial charge in [-0.2, -0.15) is 0 Å². The van der Waals surface area contributed by atoms with E-state index in [1.807, 2.05) is 0 Å². The van der Waals surface area contributed by atoms with Crippen molar-refractivity contribution in [2.24, 2.45) is 0 Å². The van der Waals surface area contributed by atoms with E-state index in [9.17, 15) is 8.42 Å². The molecule has 1 saturated heterocycles. The minimum Gasteiger partial charge on any atom is -0.246 e. The lowest BCUT2D eigenvalue weighted by molar-refractivity contribution is 0.555. The highest BCUT2D eigenvalue weighted by molar-refractivity contribution is 14.1. The van der Waals surface area contributed by atoms with Crippen molar-refractivity contribution in [3.63, 3.8) is 0 Å². The Bertz CT molecular complexity index is 229. The highest BCUT2D eigenvalue weighted by Crippen LogP contribution is 2.13. The van der Waals surface area contributed by atoms with Gasteiger partial charge in [0.1, 0.15) is 0 Å². The van der Waals surface area contributed by atoms with Crippen LogP contribution in [0.4, 0.5) is 0 Å². The molecule has 1 aliphatic heterocycles. The van der Waals surface area contributed by atoms with Gasteiger partial charge in [-0.1, -0.05) is 0 Å². The largest absolute Gasteiger partial charge is 0.246 e. The van der Waals surface area contributed by atoms with Crippen LogP contribution in [0, 0.1) is 0 Å². The maximum atomic E-state index is 10.8. The molecule has 11 heavy (non-hydrogen) atoms. The molecule has 0 unspecified atom stereocenters. The molecular formula is C5H11IN2O2S. The normalized spacial score (nSPS) is 27.6. The number of halogens is 1. The van der Waals surface area contributed by atoms with Gasteiger partial charge in [0.05, 0.1) is 6.26 Å². The Balaban J connectivity index is 2.41. The van der Waals surface area contributed by atoms with E-state index < -0.39 is 10.0 Å². The summed E-state index contributed by atoms with van der Waals surface area (Å²) in [6, 6.07) is 0.113. The van der Waals surface area contributed by atoms with Crippen molar-refractivity contribution >= 4 is 32.9 Å². The second kappa shape index (κ2) is 3.55. The number of hydrogen-bond acceptors (Lipinski definition) is 3. The molecule has 0 aromatic carbocycles. The molecule has 66 valence electrons. The zero-order valence-electron chi connectivity index (χ0n) is 6.25. The maximum Gasteiger partial charge on any atom is 0.208 e. The van der Waals surface area contributed by atoms with Crippen molar-refractivity contribution in [2.75, 3.05) is 19.3 Å².